The fraction of sp³-hybridized carbons (Fsp3) is 0.211. The SMILES string of the molecule is C[C@@H]1C(=O)Nc2ccc(C(=O)CSc3nnc(-c4ccncc4)n3C)cc21. The molecule has 1 aliphatic heterocycles. The van der Waals surface area contributed by atoms with Crippen LogP contribution in [-0.2, 0) is 11.8 Å². The molecule has 27 heavy (non-hydrogen) atoms. The van der Waals surface area contributed by atoms with E-state index in [0.717, 1.165) is 22.6 Å². The van der Waals surface area contributed by atoms with Gasteiger partial charge in [0, 0.05) is 36.3 Å². The number of pyridine rings is 1. The summed E-state index contributed by atoms with van der Waals surface area (Å²) < 4.78 is 1.86. The van der Waals surface area contributed by atoms with E-state index in [1.165, 1.54) is 11.8 Å². The summed E-state index contributed by atoms with van der Waals surface area (Å²) >= 11 is 1.34. The summed E-state index contributed by atoms with van der Waals surface area (Å²) in [6.45, 7) is 1.84. The number of aromatic nitrogens is 4. The summed E-state index contributed by atoms with van der Waals surface area (Å²) in [5, 5.41) is 11.9. The first-order chi connectivity index (χ1) is 13.0. The van der Waals surface area contributed by atoms with E-state index < -0.39 is 0 Å². The van der Waals surface area contributed by atoms with Crippen LogP contribution in [0.4, 0.5) is 5.69 Å². The Kier molecular flexibility index (Phi) is 4.49. The minimum absolute atomic E-state index is 0.0113. The maximum absolute atomic E-state index is 12.6. The number of carbonyl (C=O) groups is 2. The van der Waals surface area contributed by atoms with Crippen LogP contribution in [0.1, 0.15) is 28.8 Å². The van der Waals surface area contributed by atoms with Crippen molar-refractivity contribution < 1.29 is 9.59 Å². The summed E-state index contributed by atoms with van der Waals surface area (Å²) in [7, 11) is 1.87. The largest absolute Gasteiger partial charge is 0.325 e. The van der Waals surface area contributed by atoms with Gasteiger partial charge in [-0.2, -0.15) is 0 Å². The van der Waals surface area contributed by atoms with Gasteiger partial charge in [-0.05, 0) is 42.8 Å². The number of Topliss-reactive ketones (excluding diaryl/α,β-unsaturated/α-hetero) is 1. The highest BCUT2D eigenvalue weighted by Gasteiger charge is 2.27. The number of rotatable bonds is 5. The lowest BCUT2D eigenvalue weighted by Gasteiger charge is -2.06. The highest BCUT2D eigenvalue weighted by molar-refractivity contribution is 7.99. The van der Waals surface area contributed by atoms with E-state index in [4.69, 9.17) is 0 Å². The average Bonchev–Trinajstić information content (AvgIpc) is 3.20. The van der Waals surface area contributed by atoms with Gasteiger partial charge in [0.25, 0.3) is 0 Å². The van der Waals surface area contributed by atoms with Crippen molar-refractivity contribution in [1.29, 1.82) is 0 Å². The van der Waals surface area contributed by atoms with Gasteiger partial charge in [0.15, 0.2) is 16.8 Å². The summed E-state index contributed by atoms with van der Waals surface area (Å²) in [5.74, 6) is 0.691. The number of benzene rings is 1. The van der Waals surface area contributed by atoms with Crippen molar-refractivity contribution in [3.8, 4) is 11.4 Å². The zero-order valence-electron chi connectivity index (χ0n) is 14.8. The molecule has 0 bridgehead atoms. The third-order valence-corrected chi connectivity index (χ3v) is 5.62. The fourth-order valence-corrected chi connectivity index (χ4v) is 3.80. The van der Waals surface area contributed by atoms with E-state index in [0.29, 0.717) is 10.7 Å². The second kappa shape index (κ2) is 6.96. The van der Waals surface area contributed by atoms with E-state index in [9.17, 15) is 9.59 Å². The third kappa shape index (κ3) is 3.23. The lowest BCUT2D eigenvalue weighted by Crippen LogP contribution is -2.08. The molecule has 1 atom stereocenters. The van der Waals surface area contributed by atoms with Gasteiger partial charge in [0.05, 0.1) is 11.7 Å². The molecule has 1 amide bonds. The van der Waals surface area contributed by atoms with Crippen molar-refractivity contribution in [1.82, 2.24) is 19.7 Å². The van der Waals surface area contributed by atoms with Crippen LogP contribution in [0.5, 0.6) is 0 Å². The summed E-state index contributed by atoms with van der Waals surface area (Å²) in [6.07, 6.45) is 3.41. The average molecular weight is 379 g/mol. The van der Waals surface area contributed by atoms with Gasteiger partial charge >= 0.3 is 0 Å². The van der Waals surface area contributed by atoms with Crippen LogP contribution in [0.3, 0.4) is 0 Å². The fourth-order valence-electron chi connectivity index (χ4n) is 3.00. The van der Waals surface area contributed by atoms with Crippen LogP contribution in [0.15, 0.2) is 47.9 Å². The highest BCUT2D eigenvalue weighted by atomic mass is 32.2. The predicted octanol–water partition coefficient (Wildman–Crippen LogP) is 2.91. The second-order valence-electron chi connectivity index (χ2n) is 6.33. The Morgan fingerprint density at radius 1 is 1.22 bits per heavy atom. The number of fused-ring (bicyclic) bond motifs is 1. The molecule has 7 nitrogen and oxygen atoms in total. The van der Waals surface area contributed by atoms with E-state index in [-0.39, 0.29) is 23.4 Å². The van der Waals surface area contributed by atoms with Gasteiger partial charge < -0.3 is 9.88 Å². The molecule has 0 aliphatic carbocycles. The molecule has 4 rings (SSSR count). The summed E-state index contributed by atoms with van der Waals surface area (Å²) in [6, 6.07) is 9.08. The molecule has 3 aromatic rings. The van der Waals surface area contributed by atoms with Gasteiger partial charge in [-0.15, -0.1) is 10.2 Å². The highest BCUT2D eigenvalue weighted by Crippen LogP contribution is 2.33. The minimum atomic E-state index is -0.234. The van der Waals surface area contributed by atoms with Crippen LogP contribution < -0.4 is 5.32 Å². The molecule has 0 saturated heterocycles. The Hall–Kier alpha value is -3.00. The van der Waals surface area contributed by atoms with Crippen LogP contribution in [0.25, 0.3) is 11.4 Å². The molecule has 0 radical (unpaired) electrons. The van der Waals surface area contributed by atoms with Crippen molar-refractivity contribution in [2.75, 3.05) is 11.1 Å². The smallest absolute Gasteiger partial charge is 0.231 e. The molecule has 136 valence electrons. The number of nitrogens with one attached hydrogen (secondary N) is 1. The molecule has 1 N–H and O–H groups in total. The van der Waals surface area contributed by atoms with Crippen LogP contribution >= 0.6 is 11.8 Å². The van der Waals surface area contributed by atoms with Crippen LogP contribution in [-0.4, -0.2) is 37.2 Å². The zero-order chi connectivity index (χ0) is 19.0. The zero-order valence-corrected chi connectivity index (χ0v) is 15.7. The molecule has 2 aromatic heterocycles. The Morgan fingerprint density at radius 2 is 2.00 bits per heavy atom. The molecule has 0 saturated carbocycles. The van der Waals surface area contributed by atoms with Crippen molar-refractivity contribution in [2.45, 2.75) is 18.0 Å². The van der Waals surface area contributed by atoms with Crippen molar-refractivity contribution in [3.05, 3.63) is 53.9 Å². The summed E-state index contributed by atoms with van der Waals surface area (Å²) in [4.78, 5) is 28.4. The Balaban J connectivity index is 1.48. The topological polar surface area (TPSA) is 89.8 Å². The minimum Gasteiger partial charge on any atom is -0.325 e. The van der Waals surface area contributed by atoms with Gasteiger partial charge in [-0.25, -0.2) is 0 Å². The predicted molar refractivity (Wildman–Crippen MR) is 103 cm³/mol. The molecular weight excluding hydrogens is 362 g/mol. The third-order valence-electron chi connectivity index (χ3n) is 4.60. The number of amides is 1. The number of anilines is 1. The maximum Gasteiger partial charge on any atom is 0.231 e. The number of hydrogen-bond acceptors (Lipinski definition) is 6. The first-order valence-corrected chi connectivity index (χ1v) is 9.43. The number of carbonyl (C=O) groups excluding carboxylic acids is 2. The van der Waals surface area contributed by atoms with E-state index in [1.54, 1.807) is 30.6 Å². The van der Waals surface area contributed by atoms with Crippen molar-refractivity contribution >= 4 is 29.1 Å². The number of ketones is 1. The molecule has 8 heteroatoms. The van der Waals surface area contributed by atoms with E-state index >= 15 is 0 Å². The molecule has 0 spiro atoms. The standard InChI is InChI=1S/C19H17N5O2S/c1-11-14-9-13(3-4-15(14)21-18(11)26)16(25)10-27-19-23-22-17(24(19)2)12-5-7-20-8-6-12/h3-9,11H,10H2,1-2H3,(H,21,26)/t11-/m0/s1. The van der Waals surface area contributed by atoms with E-state index in [2.05, 4.69) is 20.5 Å². The van der Waals surface area contributed by atoms with Crippen molar-refractivity contribution in [3.63, 3.8) is 0 Å². The monoisotopic (exact) mass is 379 g/mol. The first-order valence-electron chi connectivity index (χ1n) is 8.45. The maximum atomic E-state index is 12.6. The quantitative estimate of drug-likeness (QED) is 0.542. The first kappa shape index (κ1) is 17.4. The van der Waals surface area contributed by atoms with Crippen molar-refractivity contribution in [2.24, 2.45) is 7.05 Å². The number of thioether (sulfide) groups is 1. The van der Waals surface area contributed by atoms with Gasteiger partial charge in [0.2, 0.25) is 5.91 Å². The van der Waals surface area contributed by atoms with Gasteiger partial charge in [0.1, 0.15) is 0 Å². The van der Waals surface area contributed by atoms with Crippen LogP contribution in [0, 0.1) is 0 Å². The normalized spacial score (nSPS) is 15.5. The van der Waals surface area contributed by atoms with Gasteiger partial charge in [-0.3, -0.25) is 14.6 Å². The number of hydrogen-bond donors (Lipinski definition) is 1. The molecular formula is C19H17N5O2S. The van der Waals surface area contributed by atoms with Gasteiger partial charge in [-0.1, -0.05) is 11.8 Å². The molecule has 1 aromatic carbocycles. The summed E-state index contributed by atoms with van der Waals surface area (Å²) in [5.41, 5.74) is 3.17. The second-order valence-corrected chi connectivity index (χ2v) is 7.27. The number of nitrogens with zero attached hydrogens (tertiary/aromatic N) is 4. The lowest BCUT2D eigenvalue weighted by atomic mass is 9.99. The Labute approximate surface area is 160 Å². The Morgan fingerprint density at radius 3 is 2.78 bits per heavy atom. The van der Waals surface area contributed by atoms with Crippen LogP contribution in [0.2, 0.25) is 0 Å². The molecule has 0 unspecified atom stereocenters. The van der Waals surface area contributed by atoms with E-state index in [1.807, 2.05) is 30.7 Å². The lowest BCUT2D eigenvalue weighted by molar-refractivity contribution is -0.116. The molecule has 3 heterocycles. The Bertz CT molecular complexity index is 1030. The molecule has 0 fully saturated rings. The molecule has 1 aliphatic rings.